The molecule has 3 nitrogen and oxygen atoms in total. The van der Waals surface area contributed by atoms with Crippen molar-refractivity contribution in [3.63, 3.8) is 0 Å². The molecule has 0 amide bonds. The minimum Gasteiger partial charge on any atom is -0.307 e. The van der Waals surface area contributed by atoms with Gasteiger partial charge in [-0.25, -0.2) is 0 Å². The molecular weight excluding hydrogens is 290 g/mol. The summed E-state index contributed by atoms with van der Waals surface area (Å²) >= 11 is 1.78. The highest BCUT2D eigenvalue weighted by molar-refractivity contribution is 7.07. The van der Waals surface area contributed by atoms with Gasteiger partial charge in [-0.1, -0.05) is 13.0 Å². The van der Waals surface area contributed by atoms with Crippen molar-refractivity contribution < 1.29 is 0 Å². The van der Waals surface area contributed by atoms with E-state index in [4.69, 9.17) is 0 Å². The Morgan fingerprint density at radius 2 is 2.32 bits per heavy atom. The number of rotatable bonds is 5. The van der Waals surface area contributed by atoms with Crippen LogP contribution in [0.25, 0.3) is 0 Å². The van der Waals surface area contributed by atoms with Crippen molar-refractivity contribution in [2.75, 3.05) is 13.1 Å². The van der Waals surface area contributed by atoms with Crippen molar-refractivity contribution in [2.45, 2.75) is 38.9 Å². The highest BCUT2D eigenvalue weighted by atomic mass is 32.1. The molecule has 1 fully saturated rings. The van der Waals surface area contributed by atoms with Gasteiger partial charge in [0.1, 0.15) is 0 Å². The summed E-state index contributed by atoms with van der Waals surface area (Å²) in [4.78, 5) is 6.97. The first kappa shape index (κ1) is 15.7. The molecule has 1 N–H and O–H groups in total. The van der Waals surface area contributed by atoms with Crippen LogP contribution in [0.4, 0.5) is 0 Å². The van der Waals surface area contributed by atoms with Gasteiger partial charge in [-0.2, -0.15) is 11.3 Å². The second-order valence-corrected chi connectivity index (χ2v) is 7.15. The molecule has 2 aromatic rings. The van der Waals surface area contributed by atoms with Crippen LogP contribution < -0.4 is 5.32 Å². The predicted molar refractivity (Wildman–Crippen MR) is 93.0 cm³/mol. The third kappa shape index (κ3) is 3.94. The Bertz CT molecular complexity index is 555. The van der Waals surface area contributed by atoms with Gasteiger partial charge in [0.05, 0.1) is 5.69 Å². The smallest absolute Gasteiger partial charge is 0.0543 e. The van der Waals surface area contributed by atoms with Gasteiger partial charge >= 0.3 is 0 Å². The zero-order chi connectivity index (χ0) is 15.4. The van der Waals surface area contributed by atoms with E-state index in [1.165, 1.54) is 17.7 Å². The standard InChI is InChI=1S/C18H25N3S/c1-14-11-21(12-17-5-3-4-8-19-17)9-6-18(14)20-15(2)16-7-10-22-13-16/h3-5,7-8,10,13-15,18,20H,6,9,11-12H2,1-2H3/t14-,15-,18+/m0/s1. The van der Waals surface area contributed by atoms with Crippen molar-refractivity contribution in [3.8, 4) is 0 Å². The van der Waals surface area contributed by atoms with Gasteiger partial charge in [0, 0.05) is 37.9 Å². The molecule has 3 heterocycles. The van der Waals surface area contributed by atoms with Crippen molar-refractivity contribution in [2.24, 2.45) is 5.92 Å². The Balaban J connectivity index is 1.52. The molecule has 22 heavy (non-hydrogen) atoms. The van der Waals surface area contributed by atoms with Gasteiger partial charge in [0.15, 0.2) is 0 Å². The number of nitrogens with one attached hydrogen (secondary N) is 1. The van der Waals surface area contributed by atoms with E-state index in [0.29, 0.717) is 18.0 Å². The van der Waals surface area contributed by atoms with E-state index in [9.17, 15) is 0 Å². The minimum absolute atomic E-state index is 0.445. The Kier molecular flexibility index (Phi) is 5.24. The third-order valence-corrected chi connectivity index (χ3v) is 5.31. The van der Waals surface area contributed by atoms with E-state index < -0.39 is 0 Å². The van der Waals surface area contributed by atoms with Gasteiger partial charge in [-0.3, -0.25) is 9.88 Å². The van der Waals surface area contributed by atoms with Crippen LogP contribution in [-0.2, 0) is 6.54 Å². The predicted octanol–water partition coefficient (Wildman–Crippen LogP) is 3.70. The largest absolute Gasteiger partial charge is 0.307 e. The van der Waals surface area contributed by atoms with Crippen molar-refractivity contribution >= 4 is 11.3 Å². The van der Waals surface area contributed by atoms with Crippen molar-refractivity contribution in [1.82, 2.24) is 15.2 Å². The van der Waals surface area contributed by atoms with Crippen molar-refractivity contribution in [3.05, 3.63) is 52.5 Å². The van der Waals surface area contributed by atoms with Gasteiger partial charge in [-0.15, -0.1) is 0 Å². The molecular formula is C18H25N3S. The van der Waals surface area contributed by atoms with Crippen LogP contribution in [0, 0.1) is 5.92 Å². The molecule has 3 rings (SSSR count). The zero-order valence-corrected chi connectivity index (χ0v) is 14.2. The van der Waals surface area contributed by atoms with Gasteiger partial charge in [-0.05, 0) is 53.8 Å². The lowest BCUT2D eigenvalue weighted by Gasteiger charge is -2.38. The number of piperidine rings is 1. The van der Waals surface area contributed by atoms with Gasteiger partial charge < -0.3 is 5.32 Å². The summed E-state index contributed by atoms with van der Waals surface area (Å²) in [5, 5.41) is 8.23. The van der Waals surface area contributed by atoms with E-state index in [0.717, 1.165) is 19.6 Å². The van der Waals surface area contributed by atoms with Crippen LogP contribution in [0.5, 0.6) is 0 Å². The summed E-state index contributed by atoms with van der Waals surface area (Å²) in [6, 6.07) is 9.45. The maximum Gasteiger partial charge on any atom is 0.0543 e. The Morgan fingerprint density at radius 3 is 3.00 bits per heavy atom. The lowest BCUT2D eigenvalue weighted by Crippen LogP contribution is -2.48. The molecule has 2 aromatic heterocycles. The summed E-state index contributed by atoms with van der Waals surface area (Å²) < 4.78 is 0. The molecule has 0 radical (unpaired) electrons. The first-order chi connectivity index (χ1) is 10.7. The molecule has 1 aliphatic heterocycles. The van der Waals surface area contributed by atoms with E-state index in [1.54, 1.807) is 11.3 Å². The summed E-state index contributed by atoms with van der Waals surface area (Å²) in [5.74, 6) is 0.665. The molecule has 0 spiro atoms. The SMILES string of the molecule is C[C@H](N[C@@H]1CCN(Cc2ccccn2)C[C@@H]1C)c1ccsc1. The van der Waals surface area contributed by atoms with Crippen LogP contribution in [0.15, 0.2) is 41.2 Å². The maximum absolute atomic E-state index is 4.44. The van der Waals surface area contributed by atoms with Crippen LogP contribution in [0.2, 0.25) is 0 Å². The molecule has 0 aromatic carbocycles. The van der Waals surface area contributed by atoms with E-state index in [-0.39, 0.29) is 0 Å². The fourth-order valence-corrected chi connectivity index (χ4v) is 4.04. The van der Waals surface area contributed by atoms with Crippen LogP contribution in [-0.4, -0.2) is 29.0 Å². The Morgan fingerprint density at radius 1 is 1.41 bits per heavy atom. The summed E-state index contributed by atoms with van der Waals surface area (Å²) in [6.45, 7) is 7.90. The van der Waals surface area contributed by atoms with Gasteiger partial charge in [0.2, 0.25) is 0 Å². The van der Waals surface area contributed by atoms with Crippen molar-refractivity contribution in [1.29, 1.82) is 0 Å². The first-order valence-corrected chi connectivity index (χ1v) is 9.07. The number of hydrogen-bond acceptors (Lipinski definition) is 4. The average Bonchev–Trinajstić information content (AvgIpc) is 3.05. The normalized spacial score (nSPS) is 24.3. The number of aromatic nitrogens is 1. The molecule has 0 unspecified atom stereocenters. The molecule has 118 valence electrons. The summed E-state index contributed by atoms with van der Waals surface area (Å²) in [7, 11) is 0. The van der Waals surface area contributed by atoms with Crippen LogP contribution in [0.3, 0.4) is 0 Å². The minimum atomic E-state index is 0.445. The number of nitrogens with zero attached hydrogens (tertiary/aromatic N) is 2. The molecule has 1 saturated heterocycles. The first-order valence-electron chi connectivity index (χ1n) is 8.13. The average molecular weight is 315 g/mol. The molecule has 0 bridgehead atoms. The molecule has 4 heteroatoms. The fraction of sp³-hybridized carbons (Fsp3) is 0.500. The molecule has 3 atom stereocenters. The van der Waals surface area contributed by atoms with Crippen LogP contribution in [0.1, 0.15) is 37.6 Å². The number of thiophene rings is 1. The Hall–Kier alpha value is -1.23. The van der Waals surface area contributed by atoms with E-state index >= 15 is 0 Å². The quantitative estimate of drug-likeness (QED) is 0.912. The highest BCUT2D eigenvalue weighted by Gasteiger charge is 2.27. The summed E-state index contributed by atoms with van der Waals surface area (Å²) in [6.07, 6.45) is 3.10. The number of hydrogen-bond donors (Lipinski definition) is 1. The van der Waals surface area contributed by atoms with Crippen LogP contribution >= 0.6 is 11.3 Å². The number of likely N-dealkylation sites (tertiary alicyclic amines) is 1. The fourth-order valence-electron chi connectivity index (χ4n) is 3.28. The topological polar surface area (TPSA) is 28.2 Å². The highest BCUT2D eigenvalue weighted by Crippen LogP contribution is 2.23. The zero-order valence-electron chi connectivity index (χ0n) is 13.4. The van der Waals surface area contributed by atoms with Gasteiger partial charge in [0.25, 0.3) is 0 Å². The van der Waals surface area contributed by atoms with E-state index in [2.05, 4.69) is 58.0 Å². The third-order valence-electron chi connectivity index (χ3n) is 4.61. The Labute approximate surface area is 137 Å². The lowest BCUT2D eigenvalue weighted by molar-refractivity contribution is 0.134. The second kappa shape index (κ2) is 7.36. The maximum atomic E-state index is 4.44. The molecule has 1 aliphatic rings. The second-order valence-electron chi connectivity index (χ2n) is 6.37. The summed E-state index contributed by atoms with van der Waals surface area (Å²) in [5.41, 5.74) is 2.58. The van der Waals surface area contributed by atoms with E-state index in [1.807, 2.05) is 12.3 Å². The monoisotopic (exact) mass is 315 g/mol. The lowest BCUT2D eigenvalue weighted by atomic mass is 9.92. The number of pyridine rings is 1. The molecule has 0 aliphatic carbocycles. The molecule has 0 saturated carbocycles.